The molecule has 2 heterocycles. The molecule has 3 heteroatoms. The summed E-state index contributed by atoms with van der Waals surface area (Å²) in [5.41, 5.74) is 6.19. The van der Waals surface area contributed by atoms with E-state index in [4.69, 9.17) is 0 Å². The third-order valence-electron chi connectivity index (χ3n) is 7.35. The van der Waals surface area contributed by atoms with Crippen LogP contribution in [0, 0.1) is 0 Å². The molecule has 0 radical (unpaired) electrons. The van der Waals surface area contributed by atoms with Gasteiger partial charge in [0, 0.05) is 13.1 Å². The zero-order valence-electron chi connectivity index (χ0n) is 16.7. The highest BCUT2D eigenvalue weighted by Crippen LogP contribution is 2.46. The van der Waals surface area contributed by atoms with Crippen LogP contribution in [0.15, 0.2) is 48.5 Å². The van der Waals surface area contributed by atoms with Gasteiger partial charge < -0.3 is 9.80 Å². The fourth-order valence-electron chi connectivity index (χ4n) is 5.63. The van der Waals surface area contributed by atoms with E-state index in [0.29, 0.717) is 17.7 Å². The van der Waals surface area contributed by atoms with Gasteiger partial charge in [0.15, 0.2) is 0 Å². The number of hydrogen-bond donors (Lipinski definition) is 0. The predicted molar refractivity (Wildman–Crippen MR) is 112 cm³/mol. The van der Waals surface area contributed by atoms with Crippen molar-refractivity contribution in [2.45, 2.75) is 50.5 Å². The molecule has 0 N–H and O–H groups in total. The summed E-state index contributed by atoms with van der Waals surface area (Å²) in [6.07, 6.45) is 6.83. The van der Waals surface area contributed by atoms with Gasteiger partial charge in [-0.1, -0.05) is 48.5 Å². The summed E-state index contributed by atoms with van der Waals surface area (Å²) in [4.78, 5) is 17.1. The lowest BCUT2D eigenvalue weighted by atomic mass is 9.74. The molecule has 2 aromatic carbocycles. The molecule has 0 atom stereocenters. The van der Waals surface area contributed by atoms with Crippen LogP contribution in [-0.2, 0) is 29.6 Å². The molecule has 0 aromatic heterocycles. The molecule has 1 spiro atoms. The summed E-state index contributed by atoms with van der Waals surface area (Å²) in [6, 6.07) is 17.5. The number of carbonyl (C=O) groups excluding carboxylic acids is 1. The van der Waals surface area contributed by atoms with E-state index < -0.39 is 0 Å². The molecule has 3 nitrogen and oxygen atoms in total. The first-order chi connectivity index (χ1) is 13.7. The first-order valence-electron chi connectivity index (χ1n) is 10.9. The number of benzene rings is 2. The Bertz CT molecular complexity index is 866. The van der Waals surface area contributed by atoms with Gasteiger partial charge in [0.1, 0.15) is 0 Å². The lowest BCUT2D eigenvalue weighted by molar-refractivity contribution is -0.132. The maximum absolute atomic E-state index is 12.4. The van der Waals surface area contributed by atoms with Gasteiger partial charge in [-0.25, -0.2) is 0 Å². The molecule has 1 amide bonds. The van der Waals surface area contributed by atoms with Gasteiger partial charge in [-0.2, -0.15) is 0 Å². The highest BCUT2D eigenvalue weighted by Gasteiger charge is 2.40. The second-order valence-electron chi connectivity index (χ2n) is 8.89. The van der Waals surface area contributed by atoms with Crippen LogP contribution in [0.2, 0.25) is 0 Å². The molecule has 5 rings (SSSR count). The quantitative estimate of drug-likeness (QED) is 0.809. The Balaban J connectivity index is 1.12. The number of nitrogens with zero attached hydrogens (tertiary/aromatic N) is 2. The Labute approximate surface area is 168 Å². The van der Waals surface area contributed by atoms with Crippen molar-refractivity contribution in [1.29, 1.82) is 0 Å². The maximum atomic E-state index is 12.4. The molecule has 0 unspecified atom stereocenters. The van der Waals surface area contributed by atoms with Crippen molar-refractivity contribution in [3.63, 3.8) is 0 Å². The number of carbonyl (C=O) groups is 1. The van der Waals surface area contributed by atoms with Gasteiger partial charge in [0.2, 0.25) is 5.91 Å². The van der Waals surface area contributed by atoms with Gasteiger partial charge in [0.05, 0.1) is 6.42 Å². The minimum Gasteiger partial charge on any atom is -0.338 e. The zero-order chi connectivity index (χ0) is 19.0. The van der Waals surface area contributed by atoms with Crippen LogP contribution in [0.25, 0.3) is 0 Å². The van der Waals surface area contributed by atoms with Crippen molar-refractivity contribution in [1.82, 2.24) is 9.80 Å². The summed E-state index contributed by atoms with van der Waals surface area (Å²) in [5, 5.41) is 0. The largest absolute Gasteiger partial charge is 0.338 e. The van der Waals surface area contributed by atoms with Crippen molar-refractivity contribution in [2.75, 3.05) is 26.2 Å². The Morgan fingerprint density at radius 3 is 2.36 bits per heavy atom. The third kappa shape index (κ3) is 3.26. The van der Waals surface area contributed by atoms with E-state index in [1.807, 2.05) is 6.07 Å². The monoisotopic (exact) mass is 374 g/mol. The number of aryl methyl sites for hydroxylation is 1. The van der Waals surface area contributed by atoms with Crippen molar-refractivity contribution < 1.29 is 4.79 Å². The van der Waals surface area contributed by atoms with Crippen LogP contribution < -0.4 is 0 Å². The van der Waals surface area contributed by atoms with Crippen LogP contribution in [0.5, 0.6) is 0 Å². The maximum Gasteiger partial charge on any atom is 0.227 e. The van der Waals surface area contributed by atoms with Gasteiger partial charge in [-0.15, -0.1) is 0 Å². The van der Waals surface area contributed by atoms with Crippen molar-refractivity contribution in [2.24, 2.45) is 0 Å². The van der Waals surface area contributed by atoms with Crippen LogP contribution in [0.1, 0.15) is 47.9 Å². The Hall–Kier alpha value is -2.13. The van der Waals surface area contributed by atoms with Crippen LogP contribution in [0.3, 0.4) is 0 Å². The summed E-state index contributed by atoms with van der Waals surface area (Å²) in [5.74, 6) is 0.291. The van der Waals surface area contributed by atoms with E-state index >= 15 is 0 Å². The average molecular weight is 375 g/mol. The second-order valence-corrected chi connectivity index (χ2v) is 8.89. The minimum atomic E-state index is 0.291. The zero-order valence-corrected chi connectivity index (χ0v) is 16.7. The summed E-state index contributed by atoms with van der Waals surface area (Å²) < 4.78 is 0. The van der Waals surface area contributed by atoms with Crippen molar-refractivity contribution in [3.8, 4) is 0 Å². The molecular weight excluding hydrogens is 344 g/mol. The molecule has 146 valence electrons. The molecular formula is C25H30N2O. The SMILES string of the molecule is O=C1Cc2ccccc2CN1CCCN1CCC2(CCc3ccccc32)CC1. The number of hydrogen-bond acceptors (Lipinski definition) is 2. The van der Waals surface area contributed by atoms with Crippen molar-refractivity contribution in [3.05, 3.63) is 70.8 Å². The van der Waals surface area contributed by atoms with E-state index in [-0.39, 0.29) is 0 Å². The number of likely N-dealkylation sites (tertiary alicyclic amines) is 1. The van der Waals surface area contributed by atoms with E-state index in [2.05, 4.69) is 52.3 Å². The molecule has 2 aliphatic heterocycles. The van der Waals surface area contributed by atoms with Crippen LogP contribution in [-0.4, -0.2) is 41.9 Å². The van der Waals surface area contributed by atoms with Crippen LogP contribution >= 0.6 is 0 Å². The lowest BCUT2D eigenvalue weighted by Gasteiger charge is -2.40. The Morgan fingerprint density at radius 1 is 0.821 bits per heavy atom. The summed E-state index contributed by atoms with van der Waals surface area (Å²) in [7, 11) is 0. The van der Waals surface area contributed by atoms with Gasteiger partial charge >= 0.3 is 0 Å². The van der Waals surface area contributed by atoms with Crippen LogP contribution in [0.4, 0.5) is 0 Å². The smallest absolute Gasteiger partial charge is 0.227 e. The first kappa shape index (κ1) is 17.9. The fraction of sp³-hybridized carbons (Fsp3) is 0.480. The average Bonchev–Trinajstić information content (AvgIpc) is 3.08. The number of rotatable bonds is 4. The molecule has 0 bridgehead atoms. The molecule has 1 saturated heterocycles. The van der Waals surface area contributed by atoms with E-state index in [0.717, 1.165) is 26.1 Å². The Morgan fingerprint density at radius 2 is 1.54 bits per heavy atom. The normalized spacial score (nSPS) is 21.0. The van der Waals surface area contributed by atoms with Gasteiger partial charge in [-0.3, -0.25) is 4.79 Å². The topological polar surface area (TPSA) is 23.6 Å². The van der Waals surface area contributed by atoms with Crippen molar-refractivity contribution >= 4 is 5.91 Å². The van der Waals surface area contributed by atoms with E-state index in [1.54, 1.807) is 11.1 Å². The molecule has 1 aliphatic carbocycles. The molecule has 28 heavy (non-hydrogen) atoms. The molecule has 0 saturated carbocycles. The molecule has 3 aliphatic rings. The predicted octanol–water partition coefficient (Wildman–Crippen LogP) is 3.94. The number of fused-ring (bicyclic) bond motifs is 3. The number of amides is 1. The Kier molecular flexibility index (Phi) is 4.72. The molecule has 1 fully saturated rings. The van der Waals surface area contributed by atoms with Gasteiger partial charge in [-0.05, 0) is 79.4 Å². The standard InChI is InChI=1S/C25H30N2O/c28-24-18-21-7-1-2-8-22(21)19-27(24)15-5-14-26-16-12-25(13-17-26)11-10-20-6-3-4-9-23(20)25/h1-4,6-9H,5,10-19H2. The number of piperidine rings is 1. The first-order valence-corrected chi connectivity index (χ1v) is 10.9. The highest BCUT2D eigenvalue weighted by atomic mass is 16.2. The molecule has 2 aromatic rings. The fourth-order valence-corrected chi connectivity index (χ4v) is 5.63. The summed E-state index contributed by atoms with van der Waals surface area (Å²) in [6.45, 7) is 5.19. The minimum absolute atomic E-state index is 0.291. The highest BCUT2D eigenvalue weighted by molar-refractivity contribution is 5.80. The summed E-state index contributed by atoms with van der Waals surface area (Å²) >= 11 is 0. The third-order valence-corrected chi connectivity index (χ3v) is 7.35. The lowest BCUT2D eigenvalue weighted by Crippen LogP contribution is -2.43. The van der Waals surface area contributed by atoms with Gasteiger partial charge in [0.25, 0.3) is 0 Å². The second kappa shape index (κ2) is 7.36. The van der Waals surface area contributed by atoms with E-state index in [1.165, 1.54) is 49.9 Å². The van der Waals surface area contributed by atoms with E-state index in [9.17, 15) is 4.79 Å².